The van der Waals surface area contributed by atoms with Crippen molar-refractivity contribution in [1.82, 2.24) is 9.47 Å². The van der Waals surface area contributed by atoms with Crippen molar-refractivity contribution in [2.24, 2.45) is 0 Å². The van der Waals surface area contributed by atoms with E-state index in [-0.39, 0.29) is 0 Å². The van der Waals surface area contributed by atoms with Gasteiger partial charge in [0.25, 0.3) is 0 Å². The van der Waals surface area contributed by atoms with Crippen LogP contribution in [0.1, 0.15) is 11.1 Å². The maximum atomic E-state index is 10.3. The summed E-state index contributed by atoms with van der Waals surface area (Å²) in [5, 5.41) is 11.3. The van der Waals surface area contributed by atoms with Gasteiger partial charge in [0.1, 0.15) is 5.75 Å². The molecule has 0 fully saturated rings. The van der Waals surface area contributed by atoms with Gasteiger partial charge in [0.2, 0.25) is 0 Å². The van der Waals surface area contributed by atoms with E-state index in [0.29, 0.717) is 5.75 Å². The Morgan fingerprint density at radius 1 is 1.00 bits per heavy atom. The largest absolute Gasteiger partial charge is 0.507 e. The van der Waals surface area contributed by atoms with Crippen LogP contribution in [0.15, 0.2) is 54.7 Å². The number of rotatable bonds is 5. The lowest BCUT2D eigenvalue weighted by Crippen LogP contribution is -2.14. The number of benzene rings is 2. The van der Waals surface area contributed by atoms with Crippen molar-refractivity contribution in [3.05, 3.63) is 65.9 Å². The fraction of sp³-hybridized carbons (Fsp3) is 0.263. The molecule has 1 aromatic heterocycles. The van der Waals surface area contributed by atoms with Gasteiger partial charge in [-0.15, -0.1) is 0 Å². The molecular formula is C19H22N2O. The van der Waals surface area contributed by atoms with Gasteiger partial charge in [-0.25, -0.2) is 0 Å². The van der Waals surface area contributed by atoms with Crippen LogP contribution < -0.4 is 0 Å². The van der Waals surface area contributed by atoms with Gasteiger partial charge in [-0.05, 0) is 43.8 Å². The van der Waals surface area contributed by atoms with Crippen molar-refractivity contribution < 1.29 is 5.11 Å². The molecule has 3 rings (SSSR count). The highest BCUT2D eigenvalue weighted by Gasteiger charge is 2.12. The van der Waals surface area contributed by atoms with Crippen LogP contribution in [-0.2, 0) is 13.0 Å². The Morgan fingerprint density at radius 3 is 2.50 bits per heavy atom. The van der Waals surface area contributed by atoms with Crippen LogP contribution in [0.25, 0.3) is 10.9 Å². The molecule has 0 spiro atoms. The van der Waals surface area contributed by atoms with Gasteiger partial charge in [-0.3, -0.25) is 0 Å². The number of phenols is 1. The normalized spacial score (nSPS) is 11.4. The van der Waals surface area contributed by atoms with E-state index in [0.717, 1.165) is 30.4 Å². The lowest BCUT2D eigenvalue weighted by atomic mass is 10.1. The number of phenolic OH excluding ortho intramolecular Hbond substituents is 1. The molecule has 0 unspecified atom stereocenters. The second-order valence-corrected chi connectivity index (χ2v) is 5.99. The summed E-state index contributed by atoms with van der Waals surface area (Å²) < 4.78 is 2.23. The summed E-state index contributed by atoms with van der Waals surface area (Å²) in [5.41, 5.74) is 3.57. The Bertz CT molecular complexity index is 760. The zero-order valence-electron chi connectivity index (χ0n) is 13.2. The van der Waals surface area contributed by atoms with Gasteiger partial charge < -0.3 is 14.6 Å². The van der Waals surface area contributed by atoms with E-state index in [9.17, 15) is 5.11 Å². The van der Waals surface area contributed by atoms with Crippen LogP contribution in [-0.4, -0.2) is 35.2 Å². The maximum absolute atomic E-state index is 10.3. The van der Waals surface area contributed by atoms with Gasteiger partial charge in [-0.2, -0.15) is 0 Å². The number of hydrogen-bond acceptors (Lipinski definition) is 2. The van der Waals surface area contributed by atoms with E-state index in [1.54, 1.807) is 6.07 Å². The molecule has 0 saturated carbocycles. The Balaban J connectivity index is 2.01. The number of aromatic hydroxyl groups is 1. The molecule has 0 aliphatic rings. The third-order valence-corrected chi connectivity index (χ3v) is 3.99. The molecule has 0 aliphatic carbocycles. The molecule has 1 heterocycles. The lowest BCUT2D eigenvalue weighted by Gasteiger charge is -2.08. The first kappa shape index (κ1) is 14.7. The zero-order valence-corrected chi connectivity index (χ0v) is 13.2. The van der Waals surface area contributed by atoms with Gasteiger partial charge in [0.15, 0.2) is 0 Å². The number of likely N-dealkylation sites (N-methyl/N-ethyl adjacent to an activating group) is 1. The van der Waals surface area contributed by atoms with Crippen LogP contribution >= 0.6 is 0 Å². The van der Waals surface area contributed by atoms with E-state index < -0.39 is 0 Å². The van der Waals surface area contributed by atoms with Crippen molar-refractivity contribution in [3.63, 3.8) is 0 Å². The van der Waals surface area contributed by atoms with E-state index in [4.69, 9.17) is 0 Å². The van der Waals surface area contributed by atoms with Gasteiger partial charge in [0, 0.05) is 24.7 Å². The summed E-state index contributed by atoms with van der Waals surface area (Å²) >= 11 is 0. The van der Waals surface area contributed by atoms with Crippen LogP contribution in [0.3, 0.4) is 0 Å². The van der Waals surface area contributed by atoms with Gasteiger partial charge >= 0.3 is 0 Å². The first-order chi connectivity index (χ1) is 10.6. The summed E-state index contributed by atoms with van der Waals surface area (Å²) in [5.74, 6) is 0.373. The minimum Gasteiger partial charge on any atom is -0.507 e. The van der Waals surface area contributed by atoms with Crippen LogP contribution in [0.4, 0.5) is 0 Å². The highest BCUT2D eigenvalue weighted by atomic mass is 16.3. The predicted molar refractivity (Wildman–Crippen MR) is 91.4 cm³/mol. The van der Waals surface area contributed by atoms with Crippen molar-refractivity contribution in [2.45, 2.75) is 13.0 Å². The summed E-state index contributed by atoms with van der Waals surface area (Å²) in [6, 6.07) is 16.2. The fourth-order valence-electron chi connectivity index (χ4n) is 2.86. The van der Waals surface area contributed by atoms with Crippen LogP contribution in [0.5, 0.6) is 5.75 Å². The highest BCUT2D eigenvalue weighted by Crippen LogP contribution is 2.30. The summed E-state index contributed by atoms with van der Waals surface area (Å²) in [4.78, 5) is 2.17. The van der Waals surface area contributed by atoms with Crippen molar-refractivity contribution in [3.8, 4) is 5.75 Å². The van der Waals surface area contributed by atoms with Crippen molar-refractivity contribution in [2.75, 3.05) is 20.6 Å². The van der Waals surface area contributed by atoms with E-state index >= 15 is 0 Å². The molecule has 2 aromatic carbocycles. The highest BCUT2D eigenvalue weighted by molar-refractivity contribution is 5.89. The summed E-state index contributed by atoms with van der Waals surface area (Å²) in [6.07, 6.45) is 3.11. The second-order valence-electron chi connectivity index (χ2n) is 5.99. The van der Waals surface area contributed by atoms with E-state index in [1.807, 2.05) is 12.1 Å². The summed E-state index contributed by atoms with van der Waals surface area (Å²) in [6.45, 7) is 1.79. The number of nitrogens with zero attached hydrogens (tertiary/aromatic N) is 2. The quantitative estimate of drug-likeness (QED) is 0.780. The molecule has 0 radical (unpaired) electrons. The zero-order chi connectivity index (χ0) is 15.5. The third-order valence-electron chi connectivity index (χ3n) is 3.99. The SMILES string of the molecule is CN(C)CCc1cn(Cc2ccccc2)c2cccc(O)c12. The number of aromatic nitrogens is 1. The Hall–Kier alpha value is -2.26. The Kier molecular flexibility index (Phi) is 4.16. The van der Waals surface area contributed by atoms with Crippen molar-refractivity contribution in [1.29, 1.82) is 0 Å². The molecule has 3 heteroatoms. The smallest absolute Gasteiger partial charge is 0.125 e. The molecule has 3 aromatic rings. The first-order valence-electron chi connectivity index (χ1n) is 7.63. The monoisotopic (exact) mass is 294 g/mol. The molecule has 0 saturated heterocycles. The maximum Gasteiger partial charge on any atom is 0.125 e. The number of fused-ring (bicyclic) bond motifs is 1. The minimum absolute atomic E-state index is 0.373. The fourth-order valence-corrected chi connectivity index (χ4v) is 2.86. The standard InChI is InChI=1S/C19H22N2O/c1-20(2)12-11-16-14-21(13-15-7-4-3-5-8-15)17-9-6-10-18(22)19(16)17/h3-10,14,22H,11-13H2,1-2H3. The molecule has 3 nitrogen and oxygen atoms in total. The Labute approximate surface area is 131 Å². The van der Waals surface area contributed by atoms with Crippen molar-refractivity contribution >= 4 is 10.9 Å². The molecule has 114 valence electrons. The molecule has 0 aliphatic heterocycles. The lowest BCUT2D eigenvalue weighted by molar-refractivity contribution is 0.413. The molecular weight excluding hydrogens is 272 g/mol. The molecule has 1 N–H and O–H groups in total. The van der Waals surface area contributed by atoms with E-state index in [2.05, 4.69) is 60.1 Å². The summed E-state index contributed by atoms with van der Waals surface area (Å²) in [7, 11) is 4.14. The average molecular weight is 294 g/mol. The molecule has 0 amide bonds. The van der Waals surface area contributed by atoms with Gasteiger partial charge in [-0.1, -0.05) is 36.4 Å². The number of hydrogen-bond donors (Lipinski definition) is 1. The molecule has 22 heavy (non-hydrogen) atoms. The molecule has 0 atom stereocenters. The van der Waals surface area contributed by atoms with Crippen LogP contribution in [0, 0.1) is 0 Å². The predicted octanol–water partition coefficient (Wildman–Crippen LogP) is 3.50. The van der Waals surface area contributed by atoms with Crippen LogP contribution in [0.2, 0.25) is 0 Å². The minimum atomic E-state index is 0.373. The molecule has 0 bridgehead atoms. The topological polar surface area (TPSA) is 28.4 Å². The first-order valence-corrected chi connectivity index (χ1v) is 7.63. The average Bonchev–Trinajstić information content (AvgIpc) is 2.86. The van der Waals surface area contributed by atoms with Gasteiger partial charge in [0.05, 0.1) is 5.52 Å². The van der Waals surface area contributed by atoms with E-state index in [1.165, 1.54) is 11.1 Å². The second kappa shape index (κ2) is 6.24. The Morgan fingerprint density at radius 2 is 1.77 bits per heavy atom. The third kappa shape index (κ3) is 3.00.